The van der Waals surface area contributed by atoms with Crippen LogP contribution in [-0.2, 0) is 13.0 Å². The molecular weight excluding hydrogens is 214 g/mol. The van der Waals surface area contributed by atoms with E-state index in [4.69, 9.17) is 0 Å². The fraction of sp³-hybridized carbons (Fsp3) is 0.250. The first-order valence-corrected chi connectivity index (χ1v) is 5.62. The maximum atomic E-state index is 4.17. The van der Waals surface area contributed by atoms with Crippen molar-refractivity contribution in [3.05, 3.63) is 41.9 Å². The molecule has 0 saturated carbocycles. The number of para-hydroxylation sites is 1. The Morgan fingerprint density at radius 3 is 3.00 bits per heavy atom. The lowest BCUT2D eigenvalue weighted by Gasteiger charge is -1.98. The first kappa shape index (κ1) is 10.0. The summed E-state index contributed by atoms with van der Waals surface area (Å²) in [6.07, 6.45) is 2.95. The lowest BCUT2D eigenvalue weighted by molar-refractivity contribution is 0.522. The SMILES string of the molecule is Cc1nnn(CCc2c[nH]c3ccccc23)n1. The molecule has 5 heteroatoms. The smallest absolute Gasteiger partial charge is 0.171 e. The number of nitrogens with zero attached hydrogens (tertiary/aromatic N) is 4. The molecule has 0 saturated heterocycles. The zero-order valence-corrected chi connectivity index (χ0v) is 9.59. The molecule has 3 rings (SSSR count). The number of fused-ring (bicyclic) bond motifs is 1. The molecule has 3 aromatic rings. The first-order chi connectivity index (χ1) is 8.33. The van der Waals surface area contributed by atoms with Crippen LogP contribution in [-0.4, -0.2) is 25.2 Å². The summed E-state index contributed by atoms with van der Waals surface area (Å²) in [4.78, 5) is 4.90. The van der Waals surface area contributed by atoms with Crippen molar-refractivity contribution in [2.24, 2.45) is 0 Å². The monoisotopic (exact) mass is 227 g/mol. The van der Waals surface area contributed by atoms with Crippen LogP contribution in [0.1, 0.15) is 11.4 Å². The van der Waals surface area contributed by atoms with Gasteiger partial charge in [-0.25, -0.2) is 0 Å². The van der Waals surface area contributed by atoms with Crippen molar-refractivity contribution in [2.75, 3.05) is 0 Å². The molecule has 0 aliphatic rings. The van der Waals surface area contributed by atoms with Crippen molar-refractivity contribution in [3.63, 3.8) is 0 Å². The van der Waals surface area contributed by atoms with Crippen LogP contribution in [0, 0.1) is 6.92 Å². The second-order valence-electron chi connectivity index (χ2n) is 4.04. The molecule has 0 fully saturated rings. The molecule has 86 valence electrons. The minimum atomic E-state index is 0.712. The van der Waals surface area contributed by atoms with Gasteiger partial charge < -0.3 is 4.98 Å². The number of aromatic amines is 1. The maximum absolute atomic E-state index is 4.17. The van der Waals surface area contributed by atoms with Gasteiger partial charge in [-0.15, -0.1) is 10.2 Å². The summed E-state index contributed by atoms with van der Waals surface area (Å²) in [7, 11) is 0. The number of tetrazole rings is 1. The molecular formula is C12H13N5. The minimum Gasteiger partial charge on any atom is -0.361 e. The third kappa shape index (κ3) is 1.91. The van der Waals surface area contributed by atoms with Crippen LogP contribution in [0.2, 0.25) is 0 Å². The third-order valence-electron chi connectivity index (χ3n) is 2.81. The Bertz CT molecular complexity index is 637. The van der Waals surface area contributed by atoms with Crippen LogP contribution < -0.4 is 0 Å². The van der Waals surface area contributed by atoms with Gasteiger partial charge >= 0.3 is 0 Å². The molecule has 0 aliphatic carbocycles. The molecule has 0 amide bonds. The van der Waals surface area contributed by atoms with Gasteiger partial charge in [-0.3, -0.25) is 0 Å². The average Bonchev–Trinajstić information content (AvgIpc) is 2.93. The lowest BCUT2D eigenvalue weighted by atomic mass is 10.1. The van der Waals surface area contributed by atoms with Gasteiger partial charge in [-0.05, 0) is 30.2 Å². The number of hydrogen-bond acceptors (Lipinski definition) is 3. The van der Waals surface area contributed by atoms with Crippen molar-refractivity contribution in [1.29, 1.82) is 0 Å². The van der Waals surface area contributed by atoms with Crippen molar-refractivity contribution in [2.45, 2.75) is 19.9 Å². The second kappa shape index (κ2) is 4.01. The molecule has 0 aliphatic heterocycles. The van der Waals surface area contributed by atoms with Crippen LogP contribution >= 0.6 is 0 Å². The third-order valence-corrected chi connectivity index (χ3v) is 2.81. The number of hydrogen-bond donors (Lipinski definition) is 1. The van der Waals surface area contributed by atoms with Gasteiger partial charge in [0.25, 0.3) is 0 Å². The van der Waals surface area contributed by atoms with Crippen molar-refractivity contribution in [1.82, 2.24) is 25.2 Å². The molecule has 1 N–H and O–H groups in total. The highest BCUT2D eigenvalue weighted by atomic mass is 15.6. The summed E-state index contributed by atoms with van der Waals surface area (Å²) in [5.41, 5.74) is 2.46. The Hall–Kier alpha value is -2.17. The van der Waals surface area contributed by atoms with Crippen molar-refractivity contribution >= 4 is 10.9 Å². The maximum Gasteiger partial charge on any atom is 0.171 e. The van der Waals surface area contributed by atoms with Gasteiger partial charge in [0.15, 0.2) is 5.82 Å². The number of aromatic nitrogens is 5. The topological polar surface area (TPSA) is 59.4 Å². The normalized spacial score (nSPS) is 11.1. The minimum absolute atomic E-state index is 0.712. The number of benzene rings is 1. The van der Waals surface area contributed by atoms with Gasteiger partial charge in [0, 0.05) is 17.1 Å². The standard InChI is InChI=1S/C12H13N5/c1-9-14-16-17(15-9)7-6-10-8-13-12-5-3-2-4-11(10)12/h2-5,8,13H,6-7H2,1H3. The van der Waals surface area contributed by atoms with E-state index in [1.807, 2.05) is 13.0 Å². The predicted molar refractivity (Wildman–Crippen MR) is 64.6 cm³/mol. The summed E-state index contributed by atoms with van der Waals surface area (Å²) in [5.74, 6) is 0.712. The summed E-state index contributed by atoms with van der Waals surface area (Å²) in [6.45, 7) is 2.60. The molecule has 0 spiro atoms. The van der Waals surface area contributed by atoms with E-state index in [1.165, 1.54) is 16.5 Å². The molecule has 0 radical (unpaired) electrons. The van der Waals surface area contributed by atoms with Gasteiger partial charge in [-0.1, -0.05) is 18.2 Å². The van der Waals surface area contributed by atoms with Crippen LogP contribution in [0.5, 0.6) is 0 Å². The van der Waals surface area contributed by atoms with E-state index in [0.29, 0.717) is 5.82 Å². The highest BCUT2D eigenvalue weighted by Gasteiger charge is 2.04. The van der Waals surface area contributed by atoms with Gasteiger partial charge in [0.2, 0.25) is 0 Å². The van der Waals surface area contributed by atoms with Crippen LogP contribution in [0.4, 0.5) is 0 Å². The molecule has 17 heavy (non-hydrogen) atoms. The Balaban J connectivity index is 1.81. The van der Waals surface area contributed by atoms with Crippen molar-refractivity contribution < 1.29 is 0 Å². The Labute approximate surface area is 98.5 Å². The zero-order valence-electron chi connectivity index (χ0n) is 9.59. The predicted octanol–water partition coefficient (Wildman–Crippen LogP) is 1.71. The van der Waals surface area contributed by atoms with E-state index >= 15 is 0 Å². The second-order valence-corrected chi connectivity index (χ2v) is 4.04. The Kier molecular flexibility index (Phi) is 2.36. The average molecular weight is 227 g/mol. The Morgan fingerprint density at radius 2 is 2.18 bits per heavy atom. The zero-order chi connectivity index (χ0) is 11.7. The van der Waals surface area contributed by atoms with E-state index in [9.17, 15) is 0 Å². The lowest BCUT2D eigenvalue weighted by Crippen LogP contribution is -2.05. The van der Waals surface area contributed by atoms with E-state index in [0.717, 1.165) is 13.0 Å². The van der Waals surface area contributed by atoms with Crippen molar-refractivity contribution in [3.8, 4) is 0 Å². The van der Waals surface area contributed by atoms with Crippen LogP contribution in [0.3, 0.4) is 0 Å². The molecule has 0 unspecified atom stereocenters. The van der Waals surface area contributed by atoms with E-state index < -0.39 is 0 Å². The summed E-state index contributed by atoms with van der Waals surface area (Å²) in [6, 6.07) is 8.29. The number of aryl methyl sites for hydroxylation is 3. The highest BCUT2D eigenvalue weighted by molar-refractivity contribution is 5.82. The number of rotatable bonds is 3. The van der Waals surface area contributed by atoms with E-state index in [2.05, 4.69) is 44.8 Å². The molecule has 5 nitrogen and oxygen atoms in total. The largest absolute Gasteiger partial charge is 0.361 e. The Morgan fingerprint density at radius 1 is 1.29 bits per heavy atom. The summed E-state index contributed by atoms with van der Waals surface area (Å²) < 4.78 is 0. The first-order valence-electron chi connectivity index (χ1n) is 5.62. The van der Waals surface area contributed by atoms with E-state index in [-0.39, 0.29) is 0 Å². The molecule has 2 heterocycles. The van der Waals surface area contributed by atoms with Gasteiger partial charge in [0.1, 0.15) is 0 Å². The molecule has 0 atom stereocenters. The molecule has 0 bridgehead atoms. The molecule has 1 aromatic carbocycles. The fourth-order valence-corrected chi connectivity index (χ4v) is 1.98. The summed E-state index contributed by atoms with van der Waals surface area (Å²) >= 11 is 0. The quantitative estimate of drug-likeness (QED) is 0.741. The van der Waals surface area contributed by atoms with E-state index in [1.54, 1.807) is 4.80 Å². The summed E-state index contributed by atoms with van der Waals surface area (Å²) in [5, 5.41) is 13.3. The number of nitrogens with one attached hydrogen (secondary N) is 1. The van der Waals surface area contributed by atoms with Gasteiger partial charge in [-0.2, -0.15) is 4.80 Å². The highest BCUT2D eigenvalue weighted by Crippen LogP contribution is 2.18. The number of H-pyrrole nitrogens is 1. The van der Waals surface area contributed by atoms with Gasteiger partial charge in [0.05, 0.1) is 6.54 Å². The van der Waals surface area contributed by atoms with Crippen LogP contribution in [0.15, 0.2) is 30.5 Å². The fourth-order valence-electron chi connectivity index (χ4n) is 1.98. The molecule has 2 aromatic heterocycles. The van der Waals surface area contributed by atoms with Crippen LogP contribution in [0.25, 0.3) is 10.9 Å².